The second-order valence-electron chi connectivity index (χ2n) is 5.62. The van der Waals surface area contributed by atoms with E-state index in [1.54, 1.807) is 26.4 Å². The third-order valence-corrected chi connectivity index (χ3v) is 4.27. The Hall–Kier alpha value is -2.73. The molecule has 0 saturated heterocycles. The van der Waals surface area contributed by atoms with E-state index in [1.165, 1.54) is 14.2 Å². The quantitative estimate of drug-likeness (QED) is 0.803. The molecular formula is C19H20O6. The van der Waals surface area contributed by atoms with Crippen LogP contribution in [-0.2, 0) is 11.2 Å². The third kappa shape index (κ3) is 2.89. The summed E-state index contributed by atoms with van der Waals surface area (Å²) in [5, 5.41) is 0. The number of benzene rings is 2. The lowest BCUT2D eigenvalue weighted by atomic mass is 9.98. The van der Waals surface area contributed by atoms with Gasteiger partial charge in [-0.3, -0.25) is 4.79 Å². The Bertz CT molecular complexity index is 783. The number of Topliss-reactive ketones (excluding diaryl/α,β-unsaturated/α-hetero) is 1. The Morgan fingerprint density at radius 3 is 2.16 bits per heavy atom. The summed E-state index contributed by atoms with van der Waals surface area (Å²) in [6, 6.07) is 10.7. The van der Waals surface area contributed by atoms with Gasteiger partial charge in [0, 0.05) is 25.7 Å². The van der Waals surface area contributed by atoms with Gasteiger partial charge in [0.1, 0.15) is 28.6 Å². The number of carbonyl (C=O) groups is 1. The Kier molecular flexibility index (Phi) is 4.55. The van der Waals surface area contributed by atoms with Gasteiger partial charge in [0.2, 0.25) is 5.78 Å². The topological polar surface area (TPSA) is 63.2 Å². The predicted molar refractivity (Wildman–Crippen MR) is 90.9 cm³/mol. The van der Waals surface area contributed by atoms with E-state index in [9.17, 15) is 4.79 Å². The first kappa shape index (κ1) is 17.1. The van der Waals surface area contributed by atoms with Gasteiger partial charge in [-0.25, -0.2) is 0 Å². The van der Waals surface area contributed by atoms with Crippen LogP contribution in [0.3, 0.4) is 0 Å². The Labute approximate surface area is 146 Å². The molecule has 3 rings (SSSR count). The molecule has 6 heteroatoms. The molecule has 25 heavy (non-hydrogen) atoms. The first-order valence-corrected chi connectivity index (χ1v) is 7.75. The van der Waals surface area contributed by atoms with Crippen LogP contribution in [0, 0.1) is 0 Å². The molecule has 1 atom stereocenters. The normalized spacial score (nSPS) is 18.5. The van der Waals surface area contributed by atoms with Crippen LogP contribution in [0.15, 0.2) is 36.4 Å². The van der Waals surface area contributed by atoms with Crippen LogP contribution < -0.4 is 18.9 Å². The van der Waals surface area contributed by atoms with Crippen molar-refractivity contribution in [3.8, 4) is 23.0 Å². The molecule has 0 aliphatic carbocycles. The maximum Gasteiger partial charge on any atom is 0.279 e. The van der Waals surface area contributed by atoms with E-state index in [2.05, 4.69) is 0 Å². The van der Waals surface area contributed by atoms with Crippen molar-refractivity contribution >= 4 is 5.78 Å². The summed E-state index contributed by atoms with van der Waals surface area (Å²) < 4.78 is 27.2. The number of methoxy groups -OCH3 is 4. The van der Waals surface area contributed by atoms with E-state index in [1.807, 2.05) is 24.3 Å². The molecule has 0 radical (unpaired) electrons. The number of hydrogen-bond acceptors (Lipinski definition) is 6. The lowest BCUT2D eigenvalue weighted by molar-refractivity contribution is -0.117. The maximum atomic E-state index is 13.1. The Morgan fingerprint density at radius 2 is 1.60 bits per heavy atom. The standard InChI is InChI=1S/C19H20O6/c1-21-13-7-5-12(6-8-13)11-19(24-4)18(20)17-15(23-3)9-14(22-2)10-16(17)25-19/h5-10H,11H2,1-4H3/t19-/m0/s1. The highest BCUT2D eigenvalue weighted by atomic mass is 16.7. The molecule has 0 bridgehead atoms. The molecule has 0 aromatic heterocycles. The molecule has 0 fully saturated rings. The second kappa shape index (κ2) is 6.64. The van der Waals surface area contributed by atoms with Gasteiger partial charge in [-0.05, 0) is 17.7 Å². The monoisotopic (exact) mass is 344 g/mol. The fraction of sp³-hybridized carbons (Fsp3) is 0.316. The minimum Gasteiger partial charge on any atom is -0.497 e. The summed E-state index contributed by atoms with van der Waals surface area (Å²) in [4.78, 5) is 13.1. The summed E-state index contributed by atoms with van der Waals surface area (Å²) in [5.41, 5.74) is 1.24. The highest BCUT2D eigenvalue weighted by Gasteiger charge is 2.50. The average Bonchev–Trinajstić information content (AvgIpc) is 2.93. The van der Waals surface area contributed by atoms with Crippen molar-refractivity contribution in [3.05, 3.63) is 47.5 Å². The molecule has 2 aromatic carbocycles. The molecule has 1 aliphatic rings. The highest BCUT2D eigenvalue weighted by Crippen LogP contribution is 2.44. The van der Waals surface area contributed by atoms with Gasteiger partial charge in [0.25, 0.3) is 5.79 Å². The van der Waals surface area contributed by atoms with Crippen molar-refractivity contribution in [3.63, 3.8) is 0 Å². The van der Waals surface area contributed by atoms with Crippen LogP contribution in [0.25, 0.3) is 0 Å². The van der Waals surface area contributed by atoms with Gasteiger partial charge in [-0.15, -0.1) is 0 Å². The van der Waals surface area contributed by atoms with Gasteiger partial charge in [-0.1, -0.05) is 12.1 Å². The molecule has 6 nitrogen and oxygen atoms in total. The van der Waals surface area contributed by atoms with E-state index >= 15 is 0 Å². The van der Waals surface area contributed by atoms with Gasteiger partial charge < -0.3 is 23.7 Å². The number of carbonyl (C=O) groups excluding carboxylic acids is 1. The van der Waals surface area contributed by atoms with Crippen LogP contribution in [0.4, 0.5) is 0 Å². The molecular weight excluding hydrogens is 324 g/mol. The highest BCUT2D eigenvalue weighted by molar-refractivity contribution is 6.09. The van der Waals surface area contributed by atoms with Crippen LogP contribution in [-0.4, -0.2) is 40.0 Å². The van der Waals surface area contributed by atoms with Crippen molar-refractivity contribution in [2.24, 2.45) is 0 Å². The molecule has 2 aromatic rings. The summed E-state index contributed by atoms with van der Waals surface area (Å²) in [6.07, 6.45) is 0.256. The van der Waals surface area contributed by atoms with Crippen molar-refractivity contribution in [1.82, 2.24) is 0 Å². The summed E-state index contributed by atoms with van der Waals surface area (Å²) >= 11 is 0. The zero-order valence-electron chi connectivity index (χ0n) is 14.6. The predicted octanol–water partition coefficient (Wildman–Crippen LogP) is 2.87. The summed E-state index contributed by atoms with van der Waals surface area (Å²) in [5.74, 6) is 0.351. The van der Waals surface area contributed by atoms with E-state index in [0.29, 0.717) is 22.8 Å². The van der Waals surface area contributed by atoms with Gasteiger partial charge in [0.05, 0.1) is 21.3 Å². The van der Waals surface area contributed by atoms with Gasteiger partial charge in [0.15, 0.2) is 0 Å². The molecule has 1 heterocycles. The lowest BCUT2D eigenvalue weighted by Crippen LogP contribution is -2.44. The minimum absolute atomic E-state index is 0.256. The smallest absolute Gasteiger partial charge is 0.279 e. The molecule has 0 N–H and O–H groups in total. The molecule has 0 spiro atoms. The zero-order chi connectivity index (χ0) is 18.0. The van der Waals surface area contributed by atoms with Crippen molar-refractivity contribution in [1.29, 1.82) is 0 Å². The van der Waals surface area contributed by atoms with Crippen molar-refractivity contribution in [2.45, 2.75) is 12.2 Å². The molecule has 0 amide bonds. The first-order valence-electron chi connectivity index (χ1n) is 7.75. The second-order valence-corrected chi connectivity index (χ2v) is 5.62. The van der Waals surface area contributed by atoms with Crippen molar-refractivity contribution in [2.75, 3.05) is 28.4 Å². The molecule has 1 aliphatic heterocycles. The lowest BCUT2D eigenvalue weighted by Gasteiger charge is -2.25. The number of rotatable bonds is 6. The zero-order valence-corrected chi connectivity index (χ0v) is 14.6. The van der Waals surface area contributed by atoms with E-state index < -0.39 is 5.79 Å². The number of fused-ring (bicyclic) bond motifs is 1. The molecule has 132 valence electrons. The average molecular weight is 344 g/mol. The summed E-state index contributed by atoms with van der Waals surface area (Å²) in [6.45, 7) is 0. The largest absolute Gasteiger partial charge is 0.497 e. The minimum atomic E-state index is -1.43. The fourth-order valence-electron chi connectivity index (χ4n) is 2.90. The van der Waals surface area contributed by atoms with Crippen LogP contribution >= 0.6 is 0 Å². The van der Waals surface area contributed by atoms with Gasteiger partial charge >= 0.3 is 0 Å². The fourth-order valence-corrected chi connectivity index (χ4v) is 2.90. The number of ether oxygens (including phenoxy) is 5. The van der Waals surface area contributed by atoms with Crippen LogP contribution in [0.2, 0.25) is 0 Å². The van der Waals surface area contributed by atoms with E-state index in [-0.39, 0.29) is 12.2 Å². The number of ketones is 1. The van der Waals surface area contributed by atoms with Gasteiger partial charge in [-0.2, -0.15) is 0 Å². The Balaban J connectivity index is 1.98. The first-order chi connectivity index (χ1) is 12.1. The number of hydrogen-bond donors (Lipinski definition) is 0. The van der Waals surface area contributed by atoms with E-state index in [4.69, 9.17) is 23.7 Å². The van der Waals surface area contributed by atoms with Crippen LogP contribution in [0.1, 0.15) is 15.9 Å². The summed E-state index contributed by atoms with van der Waals surface area (Å²) in [7, 11) is 6.10. The Morgan fingerprint density at radius 1 is 0.920 bits per heavy atom. The maximum absolute atomic E-state index is 13.1. The molecule has 0 saturated carbocycles. The third-order valence-electron chi connectivity index (χ3n) is 4.27. The van der Waals surface area contributed by atoms with E-state index in [0.717, 1.165) is 11.3 Å². The van der Waals surface area contributed by atoms with Crippen molar-refractivity contribution < 1.29 is 28.5 Å². The SMILES string of the molecule is COc1ccc(C[C@]2(OC)Oc3cc(OC)cc(OC)c3C2=O)cc1. The van der Waals surface area contributed by atoms with Crippen LogP contribution in [0.5, 0.6) is 23.0 Å². The molecule has 0 unspecified atom stereocenters.